The summed E-state index contributed by atoms with van der Waals surface area (Å²) in [5, 5.41) is 2.61. The van der Waals surface area contributed by atoms with Crippen molar-refractivity contribution in [2.45, 2.75) is 25.9 Å². The second-order valence-electron chi connectivity index (χ2n) is 6.53. The fourth-order valence-electron chi connectivity index (χ4n) is 2.99. The highest BCUT2D eigenvalue weighted by Gasteiger charge is 2.25. The van der Waals surface area contributed by atoms with Crippen molar-refractivity contribution in [3.63, 3.8) is 0 Å². The third-order valence-electron chi connectivity index (χ3n) is 4.73. The molecular formula is C22H28N2O5. The largest absolute Gasteiger partial charge is 0.497 e. The van der Waals surface area contributed by atoms with Crippen LogP contribution in [0.5, 0.6) is 17.2 Å². The minimum Gasteiger partial charge on any atom is -0.497 e. The van der Waals surface area contributed by atoms with E-state index in [9.17, 15) is 9.59 Å². The van der Waals surface area contributed by atoms with Crippen LogP contribution in [0.25, 0.3) is 0 Å². The van der Waals surface area contributed by atoms with Gasteiger partial charge in [-0.15, -0.1) is 0 Å². The number of hydrogen-bond donors (Lipinski definition) is 1. The monoisotopic (exact) mass is 400 g/mol. The van der Waals surface area contributed by atoms with E-state index < -0.39 is 6.04 Å². The zero-order chi connectivity index (χ0) is 21.4. The molecule has 7 nitrogen and oxygen atoms in total. The van der Waals surface area contributed by atoms with Crippen LogP contribution >= 0.6 is 0 Å². The SMILES string of the molecule is CNC(=O)C(C)N(Cc1ccc(OC)cc1)C(=O)Cc1ccc(OC)c(OC)c1. The maximum absolute atomic E-state index is 13.1. The van der Waals surface area contributed by atoms with E-state index in [1.54, 1.807) is 52.3 Å². The first-order valence-corrected chi connectivity index (χ1v) is 9.28. The third kappa shape index (κ3) is 5.63. The number of ether oxygens (including phenoxy) is 3. The number of carbonyl (C=O) groups excluding carboxylic acids is 2. The van der Waals surface area contributed by atoms with E-state index in [-0.39, 0.29) is 18.2 Å². The highest BCUT2D eigenvalue weighted by Crippen LogP contribution is 2.28. The Morgan fingerprint density at radius 3 is 2.10 bits per heavy atom. The molecule has 0 saturated carbocycles. The van der Waals surface area contributed by atoms with Crippen LogP contribution in [0.2, 0.25) is 0 Å². The van der Waals surface area contributed by atoms with E-state index >= 15 is 0 Å². The molecule has 0 aliphatic heterocycles. The Bertz CT molecular complexity index is 836. The number of carbonyl (C=O) groups is 2. The van der Waals surface area contributed by atoms with Crippen molar-refractivity contribution < 1.29 is 23.8 Å². The summed E-state index contributed by atoms with van der Waals surface area (Å²) in [6, 6.07) is 12.2. The number of nitrogens with one attached hydrogen (secondary N) is 1. The summed E-state index contributed by atoms with van der Waals surface area (Å²) in [5.41, 5.74) is 1.68. The van der Waals surface area contributed by atoms with Gasteiger partial charge in [0, 0.05) is 13.6 Å². The summed E-state index contributed by atoms with van der Waals surface area (Å²) in [7, 11) is 6.27. The van der Waals surface area contributed by atoms with Crippen LogP contribution in [0.4, 0.5) is 0 Å². The van der Waals surface area contributed by atoms with Crippen LogP contribution in [-0.2, 0) is 22.6 Å². The Hall–Kier alpha value is -3.22. The highest BCUT2D eigenvalue weighted by molar-refractivity contribution is 5.88. The zero-order valence-electron chi connectivity index (χ0n) is 17.5. The molecule has 0 heterocycles. The molecule has 29 heavy (non-hydrogen) atoms. The van der Waals surface area contributed by atoms with Crippen LogP contribution in [0.15, 0.2) is 42.5 Å². The Labute approximate surface area is 171 Å². The molecule has 0 aromatic heterocycles. The van der Waals surface area contributed by atoms with Crippen LogP contribution in [0.1, 0.15) is 18.1 Å². The number of nitrogens with zero attached hydrogens (tertiary/aromatic N) is 1. The minimum absolute atomic E-state index is 0.137. The first-order valence-electron chi connectivity index (χ1n) is 9.28. The predicted molar refractivity (Wildman–Crippen MR) is 110 cm³/mol. The summed E-state index contributed by atoms with van der Waals surface area (Å²) in [4.78, 5) is 26.9. The van der Waals surface area contributed by atoms with Crippen molar-refractivity contribution in [3.05, 3.63) is 53.6 Å². The first kappa shape index (κ1) is 22.1. The Kier molecular flexibility index (Phi) is 7.88. The molecule has 2 amide bonds. The Morgan fingerprint density at radius 1 is 0.931 bits per heavy atom. The molecule has 7 heteroatoms. The summed E-state index contributed by atoms with van der Waals surface area (Å²) < 4.78 is 15.7. The zero-order valence-corrected chi connectivity index (χ0v) is 17.5. The molecule has 2 aromatic carbocycles. The van der Waals surface area contributed by atoms with Crippen molar-refractivity contribution in [1.82, 2.24) is 10.2 Å². The number of rotatable bonds is 9. The van der Waals surface area contributed by atoms with E-state index in [1.807, 2.05) is 30.3 Å². The van der Waals surface area contributed by atoms with E-state index in [0.29, 0.717) is 18.0 Å². The molecule has 156 valence electrons. The molecule has 0 spiro atoms. The van der Waals surface area contributed by atoms with Gasteiger partial charge in [0.05, 0.1) is 27.8 Å². The van der Waals surface area contributed by atoms with Crippen molar-refractivity contribution in [3.8, 4) is 17.2 Å². The molecule has 0 radical (unpaired) electrons. The average Bonchev–Trinajstić information content (AvgIpc) is 2.76. The highest BCUT2D eigenvalue weighted by atomic mass is 16.5. The maximum atomic E-state index is 13.1. The number of benzene rings is 2. The van der Waals surface area contributed by atoms with Gasteiger partial charge >= 0.3 is 0 Å². The van der Waals surface area contributed by atoms with Gasteiger partial charge in [-0.05, 0) is 42.3 Å². The number of methoxy groups -OCH3 is 3. The maximum Gasteiger partial charge on any atom is 0.242 e. The second kappa shape index (κ2) is 10.4. The predicted octanol–water partition coefficient (Wildman–Crippen LogP) is 2.42. The van der Waals surface area contributed by atoms with Gasteiger partial charge < -0.3 is 24.4 Å². The molecule has 1 N–H and O–H groups in total. The molecule has 0 aliphatic carbocycles. The van der Waals surface area contributed by atoms with Gasteiger partial charge in [0.2, 0.25) is 11.8 Å². The summed E-state index contributed by atoms with van der Waals surface area (Å²) >= 11 is 0. The van der Waals surface area contributed by atoms with Gasteiger partial charge in [-0.2, -0.15) is 0 Å². The van der Waals surface area contributed by atoms with Gasteiger partial charge in [0.1, 0.15) is 11.8 Å². The molecule has 1 unspecified atom stereocenters. The summed E-state index contributed by atoms with van der Waals surface area (Å²) in [6.07, 6.45) is 0.137. The molecule has 2 rings (SSSR count). The molecular weight excluding hydrogens is 372 g/mol. The smallest absolute Gasteiger partial charge is 0.242 e. The van der Waals surface area contributed by atoms with Crippen LogP contribution < -0.4 is 19.5 Å². The van der Waals surface area contributed by atoms with Gasteiger partial charge in [0.15, 0.2) is 11.5 Å². The standard InChI is InChI=1S/C22H28N2O5/c1-15(22(26)23-2)24(14-16-6-9-18(27-3)10-7-16)21(25)13-17-8-11-19(28-4)20(12-17)29-5/h6-12,15H,13-14H2,1-5H3,(H,23,26). The fraction of sp³-hybridized carbons (Fsp3) is 0.364. The van der Waals surface area contributed by atoms with Gasteiger partial charge in [0.25, 0.3) is 0 Å². The van der Waals surface area contributed by atoms with Gasteiger partial charge in [-0.25, -0.2) is 0 Å². The van der Waals surface area contributed by atoms with Crippen molar-refractivity contribution in [2.24, 2.45) is 0 Å². The third-order valence-corrected chi connectivity index (χ3v) is 4.73. The molecule has 0 saturated heterocycles. The van der Waals surface area contributed by atoms with Crippen molar-refractivity contribution >= 4 is 11.8 Å². The number of amides is 2. The molecule has 2 aromatic rings. The first-order chi connectivity index (χ1) is 13.9. The minimum atomic E-state index is -0.616. The molecule has 0 aliphatic rings. The van der Waals surface area contributed by atoms with E-state index in [0.717, 1.165) is 16.9 Å². The van der Waals surface area contributed by atoms with Crippen LogP contribution in [-0.4, -0.2) is 51.1 Å². The Balaban J connectivity index is 2.24. The second-order valence-corrected chi connectivity index (χ2v) is 6.53. The number of likely N-dealkylation sites (N-methyl/N-ethyl adjacent to an activating group) is 1. The number of hydrogen-bond acceptors (Lipinski definition) is 5. The molecule has 0 bridgehead atoms. The van der Waals surface area contributed by atoms with E-state index in [2.05, 4.69) is 5.32 Å². The average molecular weight is 400 g/mol. The van der Waals surface area contributed by atoms with Crippen molar-refractivity contribution in [1.29, 1.82) is 0 Å². The van der Waals surface area contributed by atoms with Gasteiger partial charge in [-0.1, -0.05) is 18.2 Å². The van der Waals surface area contributed by atoms with E-state index in [1.165, 1.54) is 0 Å². The fourth-order valence-corrected chi connectivity index (χ4v) is 2.99. The topological polar surface area (TPSA) is 77.1 Å². The van der Waals surface area contributed by atoms with Crippen LogP contribution in [0, 0.1) is 0 Å². The molecule has 1 atom stereocenters. The Morgan fingerprint density at radius 2 is 1.55 bits per heavy atom. The van der Waals surface area contributed by atoms with E-state index in [4.69, 9.17) is 14.2 Å². The quantitative estimate of drug-likeness (QED) is 0.700. The summed E-state index contributed by atoms with van der Waals surface area (Å²) in [6.45, 7) is 2.03. The van der Waals surface area contributed by atoms with Crippen LogP contribution in [0.3, 0.4) is 0 Å². The normalized spacial score (nSPS) is 11.3. The lowest BCUT2D eigenvalue weighted by Crippen LogP contribution is -2.47. The summed E-state index contributed by atoms with van der Waals surface area (Å²) in [5.74, 6) is 1.50. The van der Waals surface area contributed by atoms with Crippen molar-refractivity contribution in [2.75, 3.05) is 28.4 Å². The lowest BCUT2D eigenvalue weighted by atomic mass is 10.1. The molecule has 0 fully saturated rings. The lowest BCUT2D eigenvalue weighted by Gasteiger charge is -2.28. The van der Waals surface area contributed by atoms with Gasteiger partial charge in [-0.3, -0.25) is 9.59 Å². The lowest BCUT2D eigenvalue weighted by molar-refractivity contribution is -0.139.